The maximum atomic E-state index is 13.0. The summed E-state index contributed by atoms with van der Waals surface area (Å²) in [5, 5.41) is 9.63. The quantitative estimate of drug-likeness (QED) is 0.715. The lowest BCUT2D eigenvalue weighted by molar-refractivity contribution is -0.171. The largest absolute Gasteiger partial charge is 0.363 e. The van der Waals surface area contributed by atoms with E-state index in [1.54, 1.807) is 16.8 Å². The van der Waals surface area contributed by atoms with E-state index < -0.39 is 0 Å². The number of aromatic nitrogens is 2. The molecule has 152 valence electrons. The zero-order valence-electron chi connectivity index (χ0n) is 16.2. The van der Waals surface area contributed by atoms with Crippen LogP contribution < -0.4 is 4.90 Å². The predicted molar refractivity (Wildman–Crippen MR) is 102 cm³/mol. The summed E-state index contributed by atoms with van der Waals surface area (Å²) in [6, 6.07) is 0. The van der Waals surface area contributed by atoms with Crippen molar-refractivity contribution in [3.63, 3.8) is 0 Å². The number of nitrogens with zero attached hydrogens (tertiary/aromatic N) is 5. The van der Waals surface area contributed by atoms with Crippen LogP contribution in [0.25, 0.3) is 0 Å². The third-order valence-electron chi connectivity index (χ3n) is 5.90. The van der Waals surface area contributed by atoms with Gasteiger partial charge in [-0.15, -0.1) is 10.2 Å². The van der Waals surface area contributed by atoms with Gasteiger partial charge in [-0.1, -0.05) is 18.3 Å². The van der Waals surface area contributed by atoms with Gasteiger partial charge in [0.15, 0.2) is 0 Å². The summed E-state index contributed by atoms with van der Waals surface area (Å²) in [4.78, 5) is 42.2. The number of aryl methyl sites for hydroxylation is 1. The number of likely N-dealkylation sites (tertiary alicyclic amines) is 1. The lowest BCUT2D eigenvalue weighted by Gasteiger charge is -2.46. The van der Waals surface area contributed by atoms with Crippen LogP contribution in [0.4, 0.5) is 5.13 Å². The van der Waals surface area contributed by atoms with Crippen molar-refractivity contribution in [1.29, 1.82) is 0 Å². The van der Waals surface area contributed by atoms with Gasteiger partial charge >= 0.3 is 0 Å². The Morgan fingerprint density at radius 1 is 1.25 bits per heavy atom. The molecule has 1 spiro atoms. The predicted octanol–water partition coefficient (Wildman–Crippen LogP) is 0.303. The van der Waals surface area contributed by atoms with Crippen molar-refractivity contribution in [3.05, 3.63) is 5.01 Å². The van der Waals surface area contributed by atoms with Gasteiger partial charge in [0.2, 0.25) is 22.9 Å². The van der Waals surface area contributed by atoms with Crippen molar-refractivity contribution in [2.24, 2.45) is 5.92 Å². The topological polar surface area (TPSA) is 95.9 Å². The first-order valence-electron chi connectivity index (χ1n) is 9.70. The number of hydrogen-bond donors (Lipinski definition) is 0. The molecular formula is C18H25N5O4S. The standard InChI is InChI=1S/C18H25N5O4S/c1-3-13-19-20-17(28-13)23-9-12(8-14(23)24)16(26)22-6-4-18(5-7-22)11-21(2)15(25)10-27-18/h12H,3-11H2,1-2H3. The monoisotopic (exact) mass is 407 g/mol. The van der Waals surface area contributed by atoms with Crippen LogP contribution in [-0.2, 0) is 25.5 Å². The maximum Gasteiger partial charge on any atom is 0.248 e. The Morgan fingerprint density at radius 2 is 2.00 bits per heavy atom. The Labute approximate surface area is 167 Å². The maximum absolute atomic E-state index is 13.0. The van der Waals surface area contributed by atoms with Crippen LogP contribution in [0, 0.1) is 5.92 Å². The van der Waals surface area contributed by atoms with Crippen LogP contribution in [0.15, 0.2) is 0 Å². The van der Waals surface area contributed by atoms with Gasteiger partial charge < -0.3 is 14.5 Å². The summed E-state index contributed by atoms with van der Waals surface area (Å²) in [6.07, 6.45) is 2.41. The zero-order chi connectivity index (χ0) is 19.9. The van der Waals surface area contributed by atoms with Crippen molar-refractivity contribution >= 4 is 34.2 Å². The first-order chi connectivity index (χ1) is 13.4. The van der Waals surface area contributed by atoms with Crippen molar-refractivity contribution in [2.75, 3.05) is 44.7 Å². The molecule has 1 atom stereocenters. The number of amides is 3. The number of hydrogen-bond acceptors (Lipinski definition) is 7. The molecular weight excluding hydrogens is 382 g/mol. The number of carbonyl (C=O) groups excluding carboxylic acids is 3. The lowest BCUT2D eigenvalue weighted by atomic mass is 9.88. The molecule has 3 aliphatic heterocycles. The molecule has 28 heavy (non-hydrogen) atoms. The molecule has 10 heteroatoms. The molecule has 1 aromatic heterocycles. The van der Waals surface area contributed by atoms with Crippen LogP contribution in [-0.4, -0.2) is 83.2 Å². The summed E-state index contributed by atoms with van der Waals surface area (Å²) >= 11 is 1.41. The lowest BCUT2D eigenvalue weighted by Crippen LogP contribution is -2.58. The van der Waals surface area contributed by atoms with E-state index in [0.717, 1.165) is 11.4 Å². The Hall–Kier alpha value is -2.07. The van der Waals surface area contributed by atoms with Crippen molar-refractivity contribution < 1.29 is 19.1 Å². The average molecular weight is 407 g/mol. The smallest absolute Gasteiger partial charge is 0.248 e. The second-order valence-electron chi connectivity index (χ2n) is 7.78. The molecule has 3 amide bonds. The first kappa shape index (κ1) is 19.3. The van der Waals surface area contributed by atoms with Crippen LogP contribution in [0.2, 0.25) is 0 Å². The number of ether oxygens (including phenoxy) is 1. The van der Waals surface area contributed by atoms with E-state index in [4.69, 9.17) is 4.74 Å². The third-order valence-corrected chi connectivity index (χ3v) is 6.99. The number of likely N-dealkylation sites (N-methyl/N-ethyl adjacent to an activating group) is 1. The van der Waals surface area contributed by atoms with E-state index in [0.29, 0.717) is 44.2 Å². The summed E-state index contributed by atoms with van der Waals surface area (Å²) in [5.74, 6) is -0.392. The first-order valence-corrected chi connectivity index (χ1v) is 10.5. The fourth-order valence-electron chi connectivity index (χ4n) is 4.14. The number of rotatable bonds is 3. The van der Waals surface area contributed by atoms with Crippen molar-refractivity contribution in [1.82, 2.24) is 20.0 Å². The molecule has 1 aromatic rings. The minimum Gasteiger partial charge on any atom is -0.363 e. The second kappa shape index (κ2) is 7.40. The highest BCUT2D eigenvalue weighted by Gasteiger charge is 2.44. The number of piperidine rings is 1. The molecule has 0 aromatic carbocycles. The van der Waals surface area contributed by atoms with E-state index in [1.165, 1.54) is 11.3 Å². The van der Waals surface area contributed by atoms with E-state index in [2.05, 4.69) is 10.2 Å². The molecule has 9 nitrogen and oxygen atoms in total. The summed E-state index contributed by atoms with van der Waals surface area (Å²) in [5.41, 5.74) is -0.347. The van der Waals surface area contributed by atoms with Gasteiger partial charge in [0.05, 0.1) is 11.5 Å². The minimum atomic E-state index is -0.347. The summed E-state index contributed by atoms with van der Waals surface area (Å²) < 4.78 is 5.84. The molecule has 3 aliphatic rings. The van der Waals surface area contributed by atoms with Gasteiger partial charge in [-0.25, -0.2) is 0 Å². The van der Waals surface area contributed by atoms with Crippen LogP contribution in [0.5, 0.6) is 0 Å². The van der Waals surface area contributed by atoms with Gasteiger partial charge in [0, 0.05) is 39.6 Å². The van der Waals surface area contributed by atoms with Crippen LogP contribution >= 0.6 is 11.3 Å². The van der Waals surface area contributed by atoms with E-state index in [9.17, 15) is 14.4 Å². The Morgan fingerprint density at radius 3 is 2.64 bits per heavy atom. The Kier molecular flexibility index (Phi) is 5.09. The summed E-state index contributed by atoms with van der Waals surface area (Å²) in [6.45, 7) is 4.22. The molecule has 3 fully saturated rings. The molecule has 0 aliphatic carbocycles. The van der Waals surface area contributed by atoms with Crippen LogP contribution in [0.3, 0.4) is 0 Å². The van der Waals surface area contributed by atoms with E-state index in [1.807, 2.05) is 11.8 Å². The highest BCUT2D eigenvalue weighted by atomic mass is 32.1. The number of carbonyl (C=O) groups is 3. The third kappa shape index (κ3) is 3.50. The molecule has 0 N–H and O–H groups in total. The summed E-state index contributed by atoms with van der Waals surface area (Å²) in [7, 11) is 1.79. The number of morpholine rings is 1. The van der Waals surface area contributed by atoms with Gasteiger partial charge in [0.25, 0.3) is 0 Å². The minimum absolute atomic E-state index is 0.00315. The highest BCUT2D eigenvalue weighted by Crippen LogP contribution is 2.33. The van der Waals surface area contributed by atoms with Gasteiger partial charge in [-0.3, -0.25) is 19.3 Å². The molecule has 0 radical (unpaired) electrons. The van der Waals surface area contributed by atoms with Gasteiger partial charge in [0.1, 0.15) is 11.6 Å². The van der Waals surface area contributed by atoms with Crippen molar-refractivity contribution in [3.8, 4) is 0 Å². The SMILES string of the molecule is CCc1nnc(N2CC(C(=O)N3CCC4(CC3)CN(C)C(=O)CO4)CC2=O)s1. The van der Waals surface area contributed by atoms with E-state index >= 15 is 0 Å². The molecule has 1 unspecified atom stereocenters. The fourth-order valence-corrected chi connectivity index (χ4v) is 4.95. The van der Waals surface area contributed by atoms with E-state index in [-0.39, 0.29) is 42.3 Å². The molecule has 4 heterocycles. The molecule has 4 rings (SSSR count). The second-order valence-corrected chi connectivity index (χ2v) is 8.82. The zero-order valence-corrected chi connectivity index (χ0v) is 17.0. The van der Waals surface area contributed by atoms with Crippen molar-refractivity contribution in [2.45, 2.75) is 38.2 Å². The van der Waals surface area contributed by atoms with Crippen LogP contribution in [0.1, 0.15) is 31.2 Å². The molecule has 0 saturated carbocycles. The number of anilines is 1. The highest BCUT2D eigenvalue weighted by molar-refractivity contribution is 7.15. The fraction of sp³-hybridized carbons (Fsp3) is 0.722. The molecule has 0 bridgehead atoms. The normalized spacial score (nSPS) is 25.1. The van der Waals surface area contributed by atoms with Gasteiger partial charge in [-0.05, 0) is 19.3 Å². The Balaban J connectivity index is 1.35. The average Bonchev–Trinajstić information content (AvgIpc) is 3.31. The molecule has 3 saturated heterocycles. The Bertz CT molecular complexity index is 789. The van der Waals surface area contributed by atoms with Gasteiger partial charge in [-0.2, -0.15) is 0 Å².